The van der Waals surface area contributed by atoms with Crippen molar-refractivity contribution >= 4 is 0 Å². The van der Waals surface area contributed by atoms with Gasteiger partial charge in [0.2, 0.25) is 0 Å². The molecule has 5 rings (SSSR count). The summed E-state index contributed by atoms with van der Waals surface area (Å²) in [6.45, 7) is 10.5. The minimum Gasteiger partial charge on any atom is -0.315 e. The summed E-state index contributed by atoms with van der Waals surface area (Å²) in [5.74, 6) is 0. The average Bonchev–Trinajstić information content (AvgIpc) is 2.65. The molecule has 2 atom stereocenters. The molecule has 22 heavy (non-hydrogen) atoms. The van der Waals surface area contributed by atoms with Crippen LogP contribution in [-0.4, -0.2) is 78.8 Å². The van der Waals surface area contributed by atoms with Crippen LogP contribution in [0.25, 0.3) is 0 Å². The van der Waals surface area contributed by atoms with E-state index in [0.29, 0.717) is 5.66 Å². The summed E-state index contributed by atoms with van der Waals surface area (Å²) in [5.41, 5.74) is 0.595. The quantitative estimate of drug-likeness (QED) is 0.796. The van der Waals surface area contributed by atoms with Crippen molar-refractivity contribution in [3.05, 3.63) is 0 Å². The molecule has 3 heterocycles. The third-order valence-electron chi connectivity index (χ3n) is 6.79. The van der Waals surface area contributed by atoms with Crippen LogP contribution in [0.3, 0.4) is 0 Å². The standard InChI is InChI=1S/C9H16N2.C9H18N2/c1-3-9(4-1)10-5-2-6-11(9)8-7-10;1-3-9(4-1)11-7-2-5-10-6-8-11/h1-8H2;9-10H,1-8H2. The monoisotopic (exact) mass is 306 g/mol. The molecule has 4 nitrogen and oxygen atoms in total. The molecule has 5 fully saturated rings. The second-order valence-corrected chi connectivity index (χ2v) is 7.89. The first kappa shape index (κ1) is 15.4. The molecule has 3 saturated heterocycles. The average molecular weight is 306 g/mol. The lowest BCUT2D eigenvalue weighted by Gasteiger charge is -2.53. The molecule has 2 bridgehead atoms. The third-order valence-corrected chi connectivity index (χ3v) is 6.79. The van der Waals surface area contributed by atoms with E-state index in [2.05, 4.69) is 20.0 Å². The molecule has 2 saturated carbocycles. The van der Waals surface area contributed by atoms with Gasteiger partial charge < -0.3 is 5.32 Å². The van der Waals surface area contributed by atoms with Crippen molar-refractivity contribution in [2.45, 2.75) is 63.1 Å². The molecule has 2 unspecified atom stereocenters. The van der Waals surface area contributed by atoms with Gasteiger partial charge in [0.1, 0.15) is 0 Å². The van der Waals surface area contributed by atoms with Gasteiger partial charge in [-0.25, -0.2) is 0 Å². The Balaban J connectivity index is 0.000000114. The first-order valence-electron chi connectivity index (χ1n) is 9.83. The van der Waals surface area contributed by atoms with E-state index < -0.39 is 0 Å². The van der Waals surface area contributed by atoms with E-state index in [0.717, 1.165) is 6.04 Å². The number of nitrogens with one attached hydrogen (secondary N) is 1. The molecule has 1 N–H and O–H groups in total. The van der Waals surface area contributed by atoms with Gasteiger partial charge in [-0.15, -0.1) is 0 Å². The van der Waals surface area contributed by atoms with E-state index in [9.17, 15) is 0 Å². The number of hydrogen-bond acceptors (Lipinski definition) is 4. The Kier molecular flexibility index (Phi) is 4.72. The summed E-state index contributed by atoms with van der Waals surface area (Å²) in [6.07, 6.45) is 11.5. The molecule has 5 aliphatic rings. The fourth-order valence-electron chi connectivity index (χ4n) is 5.06. The van der Waals surface area contributed by atoms with Crippen molar-refractivity contribution in [2.75, 3.05) is 52.4 Å². The van der Waals surface area contributed by atoms with Crippen LogP contribution in [0.2, 0.25) is 0 Å². The van der Waals surface area contributed by atoms with E-state index in [1.165, 1.54) is 104 Å². The van der Waals surface area contributed by atoms with Gasteiger partial charge in [-0.1, -0.05) is 6.42 Å². The lowest BCUT2D eigenvalue weighted by molar-refractivity contribution is -0.0787. The minimum atomic E-state index is 0.595. The predicted octanol–water partition coefficient (Wildman–Crippen LogP) is 1.72. The van der Waals surface area contributed by atoms with Crippen LogP contribution in [0.1, 0.15) is 51.4 Å². The van der Waals surface area contributed by atoms with Gasteiger partial charge in [-0.3, -0.25) is 14.7 Å². The highest BCUT2D eigenvalue weighted by Crippen LogP contribution is 2.45. The molecule has 4 heteroatoms. The Labute approximate surface area is 136 Å². The number of nitrogens with zero attached hydrogens (tertiary/aromatic N) is 3. The van der Waals surface area contributed by atoms with Crippen molar-refractivity contribution < 1.29 is 0 Å². The molecule has 0 aromatic carbocycles. The zero-order chi connectivity index (χ0) is 14.8. The van der Waals surface area contributed by atoms with Crippen LogP contribution in [0.5, 0.6) is 0 Å². The Bertz CT molecular complexity index is 338. The minimum absolute atomic E-state index is 0.595. The van der Waals surface area contributed by atoms with Crippen molar-refractivity contribution in [3.63, 3.8) is 0 Å². The third kappa shape index (κ3) is 2.83. The molecule has 1 spiro atoms. The second-order valence-electron chi connectivity index (χ2n) is 7.89. The zero-order valence-electron chi connectivity index (χ0n) is 14.2. The summed E-state index contributed by atoms with van der Waals surface area (Å²) >= 11 is 0. The van der Waals surface area contributed by atoms with E-state index in [-0.39, 0.29) is 0 Å². The molecule has 3 aliphatic heterocycles. The second kappa shape index (κ2) is 6.76. The van der Waals surface area contributed by atoms with E-state index in [1.807, 2.05) is 0 Å². The summed E-state index contributed by atoms with van der Waals surface area (Å²) in [7, 11) is 0. The number of hydrogen-bond donors (Lipinski definition) is 1. The van der Waals surface area contributed by atoms with E-state index in [4.69, 9.17) is 0 Å². The van der Waals surface area contributed by atoms with E-state index >= 15 is 0 Å². The van der Waals surface area contributed by atoms with Crippen LogP contribution in [-0.2, 0) is 0 Å². The zero-order valence-corrected chi connectivity index (χ0v) is 14.2. The molecule has 0 radical (unpaired) electrons. The van der Waals surface area contributed by atoms with Crippen molar-refractivity contribution in [1.29, 1.82) is 0 Å². The molecule has 0 aromatic heterocycles. The smallest absolute Gasteiger partial charge is 0.0738 e. The van der Waals surface area contributed by atoms with Crippen LogP contribution in [0.15, 0.2) is 0 Å². The Morgan fingerprint density at radius 2 is 1.45 bits per heavy atom. The topological polar surface area (TPSA) is 21.8 Å². The molecule has 0 aromatic rings. The van der Waals surface area contributed by atoms with Gasteiger partial charge in [0, 0.05) is 45.3 Å². The van der Waals surface area contributed by atoms with Crippen LogP contribution in [0.4, 0.5) is 0 Å². The fraction of sp³-hybridized carbons (Fsp3) is 1.00. The van der Waals surface area contributed by atoms with Gasteiger partial charge in [0.15, 0.2) is 0 Å². The first-order chi connectivity index (χ1) is 10.9. The predicted molar refractivity (Wildman–Crippen MR) is 91.0 cm³/mol. The molecule has 0 amide bonds. The van der Waals surface area contributed by atoms with Crippen LogP contribution < -0.4 is 5.32 Å². The van der Waals surface area contributed by atoms with Crippen molar-refractivity contribution in [2.24, 2.45) is 0 Å². The largest absolute Gasteiger partial charge is 0.315 e. The summed E-state index contributed by atoms with van der Waals surface area (Å²) in [6, 6.07) is 0.954. The van der Waals surface area contributed by atoms with Crippen LogP contribution in [0, 0.1) is 0 Å². The highest BCUT2D eigenvalue weighted by atomic mass is 15.5. The maximum atomic E-state index is 3.44. The molecular formula is C18H34N4. The van der Waals surface area contributed by atoms with Crippen molar-refractivity contribution in [1.82, 2.24) is 20.0 Å². The highest BCUT2D eigenvalue weighted by Gasteiger charge is 2.52. The number of rotatable bonds is 1. The highest BCUT2D eigenvalue weighted by molar-refractivity contribution is 5.04. The fourth-order valence-corrected chi connectivity index (χ4v) is 5.06. The summed E-state index contributed by atoms with van der Waals surface area (Å²) < 4.78 is 0. The van der Waals surface area contributed by atoms with E-state index in [1.54, 1.807) is 0 Å². The lowest BCUT2D eigenvalue weighted by Crippen LogP contribution is -2.61. The Hall–Kier alpha value is -0.160. The van der Waals surface area contributed by atoms with Gasteiger partial charge in [-0.05, 0) is 58.0 Å². The lowest BCUT2D eigenvalue weighted by atomic mass is 9.81. The summed E-state index contributed by atoms with van der Waals surface area (Å²) in [5, 5.41) is 3.44. The van der Waals surface area contributed by atoms with Crippen molar-refractivity contribution in [3.8, 4) is 0 Å². The van der Waals surface area contributed by atoms with Gasteiger partial charge in [0.25, 0.3) is 0 Å². The maximum Gasteiger partial charge on any atom is 0.0738 e. The molecule has 2 aliphatic carbocycles. The first-order valence-corrected chi connectivity index (χ1v) is 9.83. The SMILES string of the molecule is C1CC(N2CCCNCC2)C1.C1CN2CCN(C1)C21CCC1. The Morgan fingerprint density at radius 1 is 0.682 bits per heavy atom. The molecular weight excluding hydrogens is 272 g/mol. The normalized spacial score (nSPS) is 37.6. The maximum absolute atomic E-state index is 3.44. The molecule has 126 valence electrons. The van der Waals surface area contributed by atoms with Gasteiger partial charge >= 0.3 is 0 Å². The van der Waals surface area contributed by atoms with Gasteiger partial charge in [0.05, 0.1) is 5.66 Å². The Morgan fingerprint density at radius 3 is 2.00 bits per heavy atom. The van der Waals surface area contributed by atoms with Crippen LogP contribution >= 0.6 is 0 Å². The summed E-state index contributed by atoms with van der Waals surface area (Å²) in [4.78, 5) is 8.11. The van der Waals surface area contributed by atoms with Gasteiger partial charge in [-0.2, -0.15) is 0 Å².